The number of nitrogens with zero attached hydrogens (tertiary/aromatic N) is 3. The second kappa shape index (κ2) is 9.74. The van der Waals surface area contributed by atoms with Gasteiger partial charge in [-0.25, -0.2) is 4.98 Å². The fourth-order valence-corrected chi connectivity index (χ4v) is 5.37. The highest BCUT2D eigenvalue weighted by atomic mass is 16.5. The molecule has 0 spiro atoms. The molecular weight excluding hydrogens is 426 g/mol. The van der Waals surface area contributed by atoms with Crippen LogP contribution in [0.1, 0.15) is 45.1 Å². The average molecular weight is 462 g/mol. The Morgan fingerprint density at radius 3 is 2.76 bits per heavy atom. The van der Waals surface area contributed by atoms with Crippen molar-refractivity contribution in [3.8, 4) is 0 Å². The molecule has 5 rings (SSSR count). The molecule has 1 atom stereocenters. The Labute approximate surface area is 201 Å². The van der Waals surface area contributed by atoms with E-state index in [0.29, 0.717) is 30.8 Å². The largest absolute Gasteiger partial charge is 0.385 e. The SMILES string of the molecule is CC(=O)N1CCC(NC2CCOCC2)=C(C(=N)c2cccc3cc(N4CC[C@@H](C)C4)ncc23)C1. The van der Waals surface area contributed by atoms with Crippen LogP contribution in [0.2, 0.25) is 0 Å². The van der Waals surface area contributed by atoms with Crippen LogP contribution in [0.15, 0.2) is 41.7 Å². The van der Waals surface area contributed by atoms with Crippen LogP contribution in [0.4, 0.5) is 5.82 Å². The first-order chi connectivity index (χ1) is 16.5. The molecule has 7 heteroatoms. The minimum Gasteiger partial charge on any atom is -0.385 e. The van der Waals surface area contributed by atoms with Crippen LogP contribution in [0.3, 0.4) is 0 Å². The Hall–Kier alpha value is -2.93. The van der Waals surface area contributed by atoms with E-state index in [4.69, 9.17) is 9.72 Å². The molecule has 0 aliphatic carbocycles. The molecule has 3 aliphatic rings. The van der Waals surface area contributed by atoms with Crippen molar-refractivity contribution in [1.82, 2.24) is 15.2 Å². The van der Waals surface area contributed by atoms with E-state index >= 15 is 0 Å². The molecule has 34 heavy (non-hydrogen) atoms. The third-order valence-electron chi connectivity index (χ3n) is 7.46. The van der Waals surface area contributed by atoms with Crippen LogP contribution in [0.5, 0.6) is 0 Å². The molecule has 1 aromatic heterocycles. The Morgan fingerprint density at radius 2 is 2.03 bits per heavy atom. The number of rotatable bonds is 5. The van der Waals surface area contributed by atoms with Crippen molar-refractivity contribution in [3.63, 3.8) is 0 Å². The van der Waals surface area contributed by atoms with Crippen molar-refractivity contribution in [3.05, 3.63) is 47.3 Å². The third kappa shape index (κ3) is 4.67. The van der Waals surface area contributed by atoms with Crippen molar-refractivity contribution >= 4 is 28.2 Å². The lowest BCUT2D eigenvalue weighted by Gasteiger charge is -2.34. The summed E-state index contributed by atoms with van der Waals surface area (Å²) in [7, 11) is 0. The van der Waals surface area contributed by atoms with Crippen molar-refractivity contribution in [2.75, 3.05) is 44.3 Å². The zero-order valence-corrected chi connectivity index (χ0v) is 20.3. The van der Waals surface area contributed by atoms with Crippen LogP contribution < -0.4 is 10.2 Å². The van der Waals surface area contributed by atoms with Gasteiger partial charge in [0.1, 0.15) is 5.82 Å². The van der Waals surface area contributed by atoms with Gasteiger partial charge < -0.3 is 19.9 Å². The molecule has 1 amide bonds. The highest BCUT2D eigenvalue weighted by Crippen LogP contribution is 2.29. The highest BCUT2D eigenvalue weighted by molar-refractivity contribution is 6.18. The second-order valence-corrected chi connectivity index (χ2v) is 9.96. The van der Waals surface area contributed by atoms with E-state index in [1.54, 1.807) is 6.92 Å². The topological polar surface area (TPSA) is 81.6 Å². The maximum Gasteiger partial charge on any atom is 0.219 e. The quantitative estimate of drug-likeness (QED) is 0.664. The molecule has 4 heterocycles. The lowest BCUT2D eigenvalue weighted by molar-refractivity contribution is -0.128. The Morgan fingerprint density at radius 1 is 1.21 bits per heavy atom. The van der Waals surface area contributed by atoms with Gasteiger partial charge in [0, 0.05) is 87.2 Å². The first kappa shape index (κ1) is 22.8. The molecule has 1 aromatic carbocycles. The average Bonchev–Trinajstić information content (AvgIpc) is 3.30. The number of hydrogen-bond acceptors (Lipinski definition) is 6. The summed E-state index contributed by atoms with van der Waals surface area (Å²) in [6, 6.07) is 8.66. The predicted molar refractivity (Wildman–Crippen MR) is 135 cm³/mol. The lowest BCUT2D eigenvalue weighted by atomic mass is 9.92. The molecule has 180 valence electrons. The summed E-state index contributed by atoms with van der Waals surface area (Å²) in [6.07, 6.45) is 5.81. The van der Waals surface area contributed by atoms with Gasteiger partial charge in [-0.05, 0) is 36.6 Å². The second-order valence-electron chi connectivity index (χ2n) is 9.96. The van der Waals surface area contributed by atoms with E-state index in [2.05, 4.69) is 29.3 Å². The molecule has 2 aromatic rings. The number of pyridine rings is 1. The van der Waals surface area contributed by atoms with E-state index in [1.165, 1.54) is 6.42 Å². The first-order valence-electron chi connectivity index (χ1n) is 12.5. The summed E-state index contributed by atoms with van der Waals surface area (Å²) in [5.74, 6) is 1.77. The maximum atomic E-state index is 12.2. The monoisotopic (exact) mass is 461 g/mol. The van der Waals surface area contributed by atoms with E-state index in [1.807, 2.05) is 23.2 Å². The van der Waals surface area contributed by atoms with Gasteiger partial charge in [-0.3, -0.25) is 10.2 Å². The van der Waals surface area contributed by atoms with E-state index in [-0.39, 0.29) is 5.91 Å². The number of amides is 1. The summed E-state index contributed by atoms with van der Waals surface area (Å²) in [4.78, 5) is 21.2. The predicted octanol–water partition coefficient (Wildman–Crippen LogP) is 3.72. The van der Waals surface area contributed by atoms with Gasteiger partial charge in [0.15, 0.2) is 0 Å². The van der Waals surface area contributed by atoms with Crippen molar-refractivity contribution in [2.24, 2.45) is 5.92 Å². The number of nitrogens with one attached hydrogen (secondary N) is 2. The molecule has 7 nitrogen and oxygen atoms in total. The van der Waals surface area contributed by atoms with Crippen LogP contribution in [-0.2, 0) is 9.53 Å². The molecule has 0 bridgehead atoms. The zero-order chi connectivity index (χ0) is 23.7. The summed E-state index contributed by atoms with van der Waals surface area (Å²) >= 11 is 0. The van der Waals surface area contributed by atoms with E-state index < -0.39 is 0 Å². The lowest BCUT2D eigenvalue weighted by Crippen LogP contribution is -2.43. The first-order valence-corrected chi connectivity index (χ1v) is 12.5. The van der Waals surface area contributed by atoms with Crippen molar-refractivity contribution in [2.45, 2.75) is 45.6 Å². The number of anilines is 1. The van der Waals surface area contributed by atoms with Gasteiger partial charge in [0.25, 0.3) is 0 Å². The van der Waals surface area contributed by atoms with E-state index in [9.17, 15) is 10.2 Å². The summed E-state index contributed by atoms with van der Waals surface area (Å²) in [5.41, 5.74) is 3.37. The highest BCUT2D eigenvalue weighted by Gasteiger charge is 2.27. The molecular formula is C27H35N5O2. The Bertz CT molecular complexity index is 1120. The van der Waals surface area contributed by atoms with Gasteiger partial charge in [-0.1, -0.05) is 25.1 Å². The normalized spacial score (nSPS) is 21.9. The summed E-state index contributed by atoms with van der Waals surface area (Å²) in [5, 5.41) is 15.0. The number of aromatic nitrogens is 1. The van der Waals surface area contributed by atoms with Crippen LogP contribution in [0, 0.1) is 11.3 Å². The third-order valence-corrected chi connectivity index (χ3v) is 7.46. The zero-order valence-electron chi connectivity index (χ0n) is 20.3. The van der Waals surface area contributed by atoms with Gasteiger partial charge in [0.05, 0.1) is 5.71 Å². The van der Waals surface area contributed by atoms with Crippen LogP contribution in [-0.4, -0.2) is 66.9 Å². The fourth-order valence-electron chi connectivity index (χ4n) is 5.37. The fraction of sp³-hybridized carbons (Fsp3) is 0.519. The number of hydrogen-bond donors (Lipinski definition) is 2. The molecule has 3 aliphatic heterocycles. The Kier molecular flexibility index (Phi) is 6.55. The number of benzene rings is 1. The molecule has 2 saturated heterocycles. The van der Waals surface area contributed by atoms with Gasteiger partial charge in [-0.15, -0.1) is 0 Å². The molecule has 2 fully saturated rings. The molecule has 2 N–H and O–H groups in total. The standard InChI is InChI=1S/C27H35N5O2/c1-18-6-10-32(16-18)26-14-20-4-3-5-22(23(20)15-29-26)27(28)24-17-31(19(2)33)11-7-25(24)30-21-8-12-34-13-9-21/h3-5,14-15,18,21,28,30H,6-13,16-17H2,1-2H3/t18-/m1/s1. The number of fused-ring (bicyclic) bond motifs is 1. The van der Waals surface area contributed by atoms with Gasteiger partial charge in [-0.2, -0.15) is 0 Å². The van der Waals surface area contributed by atoms with Gasteiger partial charge >= 0.3 is 0 Å². The number of carbonyl (C=O) groups is 1. The number of ether oxygens (including phenoxy) is 1. The minimum absolute atomic E-state index is 0.0551. The van der Waals surface area contributed by atoms with Crippen LogP contribution in [0.25, 0.3) is 10.8 Å². The van der Waals surface area contributed by atoms with Crippen molar-refractivity contribution < 1.29 is 9.53 Å². The Balaban J connectivity index is 1.48. The molecule has 0 unspecified atom stereocenters. The van der Waals surface area contributed by atoms with Crippen LogP contribution >= 0.6 is 0 Å². The summed E-state index contributed by atoms with van der Waals surface area (Å²) in [6.45, 7) is 8.68. The van der Waals surface area contributed by atoms with E-state index in [0.717, 1.165) is 79.0 Å². The number of carbonyl (C=O) groups excluding carboxylic acids is 1. The smallest absolute Gasteiger partial charge is 0.219 e. The minimum atomic E-state index is 0.0551. The maximum absolute atomic E-state index is 12.2. The molecule has 0 saturated carbocycles. The van der Waals surface area contributed by atoms with Gasteiger partial charge in [0.2, 0.25) is 5.91 Å². The summed E-state index contributed by atoms with van der Waals surface area (Å²) < 4.78 is 5.52. The molecule has 0 radical (unpaired) electrons. The van der Waals surface area contributed by atoms with Crippen molar-refractivity contribution in [1.29, 1.82) is 5.41 Å².